The number of amides is 2. The molecule has 0 aliphatic carbocycles. The predicted molar refractivity (Wildman–Crippen MR) is 108 cm³/mol. The fourth-order valence-electron chi connectivity index (χ4n) is 3.10. The van der Waals surface area contributed by atoms with Crippen molar-refractivity contribution in [3.8, 4) is 5.75 Å². The number of carbonyl (C=O) groups excluding carboxylic acids is 2. The molecule has 0 radical (unpaired) electrons. The summed E-state index contributed by atoms with van der Waals surface area (Å²) in [6.07, 6.45) is 1.90. The topological polar surface area (TPSA) is 76.7 Å². The third-order valence-electron chi connectivity index (χ3n) is 4.63. The summed E-state index contributed by atoms with van der Waals surface area (Å²) in [6.45, 7) is 3.09. The first-order chi connectivity index (χ1) is 13.7. The zero-order valence-corrected chi connectivity index (χ0v) is 16.0. The molecule has 2 amide bonds. The van der Waals surface area contributed by atoms with Crippen molar-refractivity contribution in [3.63, 3.8) is 0 Å². The lowest BCUT2D eigenvalue weighted by Gasteiger charge is -2.18. The summed E-state index contributed by atoms with van der Waals surface area (Å²) in [5, 5.41) is 5.73. The van der Waals surface area contributed by atoms with Gasteiger partial charge in [0.05, 0.1) is 17.4 Å². The number of anilines is 1. The highest BCUT2D eigenvalue weighted by atomic mass is 16.5. The number of rotatable bonds is 8. The normalized spacial score (nSPS) is 17.0. The number of hydrogen-bond acceptors (Lipinski definition) is 4. The third-order valence-corrected chi connectivity index (χ3v) is 4.63. The van der Waals surface area contributed by atoms with E-state index in [1.807, 2.05) is 37.3 Å². The third kappa shape index (κ3) is 5.33. The van der Waals surface area contributed by atoms with Gasteiger partial charge >= 0.3 is 0 Å². The van der Waals surface area contributed by atoms with Crippen LogP contribution in [0, 0.1) is 0 Å². The molecule has 1 heterocycles. The molecule has 1 aliphatic heterocycles. The molecule has 2 N–H and O–H groups in total. The first-order valence-corrected chi connectivity index (χ1v) is 9.68. The fraction of sp³-hybridized carbons (Fsp3) is 0.364. The van der Waals surface area contributed by atoms with Crippen molar-refractivity contribution in [2.45, 2.75) is 38.4 Å². The highest BCUT2D eigenvalue weighted by Gasteiger charge is 2.22. The molecule has 6 heteroatoms. The number of nitrogens with one attached hydrogen (secondary N) is 2. The van der Waals surface area contributed by atoms with E-state index >= 15 is 0 Å². The van der Waals surface area contributed by atoms with Gasteiger partial charge in [0.15, 0.2) is 6.10 Å². The van der Waals surface area contributed by atoms with Gasteiger partial charge in [0, 0.05) is 13.2 Å². The second-order valence-electron chi connectivity index (χ2n) is 6.71. The monoisotopic (exact) mass is 382 g/mol. The molecular formula is C22H26N2O4. The van der Waals surface area contributed by atoms with E-state index in [0.717, 1.165) is 19.4 Å². The van der Waals surface area contributed by atoms with Crippen molar-refractivity contribution in [2.24, 2.45) is 0 Å². The lowest BCUT2D eigenvalue weighted by Crippen LogP contribution is -2.35. The minimum Gasteiger partial charge on any atom is -0.481 e. The van der Waals surface area contributed by atoms with Gasteiger partial charge in [0.2, 0.25) is 0 Å². The molecule has 1 fully saturated rings. The van der Waals surface area contributed by atoms with Crippen LogP contribution < -0.4 is 15.4 Å². The van der Waals surface area contributed by atoms with Gasteiger partial charge in [-0.25, -0.2) is 0 Å². The highest BCUT2D eigenvalue weighted by molar-refractivity contribution is 6.04. The summed E-state index contributed by atoms with van der Waals surface area (Å²) in [6, 6.07) is 16.2. The Balaban J connectivity index is 1.64. The molecule has 3 rings (SSSR count). The molecule has 28 heavy (non-hydrogen) atoms. The second-order valence-corrected chi connectivity index (χ2v) is 6.71. The molecule has 0 saturated carbocycles. The molecule has 2 atom stereocenters. The van der Waals surface area contributed by atoms with Crippen LogP contribution in [0.5, 0.6) is 5.75 Å². The Labute approximate surface area is 165 Å². The maximum absolute atomic E-state index is 12.7. The van der Waals surface area contributed by atoms with Crippen LogP contribution >= 0.6 is 0 Å². The van der Waals surface area contributed by atoms with Gasteiger partial charge < -0.3 is 20.1 Å². The molecule has 1 saturated heterocycles. The molecule has 0 aromatic heterocycles. The Morgan fingerprint density at radius 3 is 2.61 bits per heavy atom. The van der Waals surface area contributed by atoms with E-state index in [4.69, 9.17) is 9.47 Å². The lowest BCUT2D eigenvalue weighted by molar-refractivity contribution is -0.122. The maximum atomic E-state index is 12.7. The molecule has 2 aromatic carbocycles. The van der Waals surface area contributed by atoms with E-state index in [9.17, 15) is 9.59 Å². The van der Waals surface area contributed by atoms with E-state index in [2.05, 4.69) is 10.6 Å². The smallest absolute Gasteiger partial charge is 0.265 e. The van der Waals surface area contributed by atoms with E-state index in [1.54, 1.807) is 24.3 Å². The van der Waals surface area contributed by atoms with Crippen molar-refractivity contribution in [3.05, 3.63) is 60.2 Å². The summed E-state index contributed by atoms with van der Waals surface area (Å²) in [4.78, 5) is 25.3. The minimum atomic E-state index is -0.648. The standard InChI is InChI=1S/C22H26N2O4/c1-2-20(28-16-9-4-3-5-10-16)22(26)24-19-13-7-6-12-18(19)21(25)23-15-17-11-8-14-27-17/h3-7,9-10,12-13,17,20H,2,8,11,14-15H2,1H3,(H,23,25)(H,24,26)/t17-,20-/m0/s1. The Bertz CT molecular complexity index is 788. The van der Waals surface area contributed by atoms with Crippen LogP contribution in [0.4, 0.5) is 5.69 Å². The molecule has 6 nitrogen and oxygen atoms in total. The first-order valence-electron chi connectivity index (χ1n) is 9.68. The van der Waals surface area contributed by atoms with E-state index < -0.39 is 6.10 Å². The van der Waals surface area contributed by atoms with Gasteiger partial charge in [-0.3, -0.25) is 9.59 Å². The molecule has 0 unspecified atom stereocenters. The zero-order chi connectivity index (χ0) is 19.8. The van der Waals surface area contributed by atoms with Gasteiger partial charge in [-0.15, -0.1) is 0 Å². The molecule has 1 aliphatic rings. The van der Waals surface area contributed by atoms with Crippen LogP contribution in [-0.4, -0.2) is 37.2 Å². The summed E-state index contributed by atoms with van der Waals surface area (Å²) in [5.74, 6) is 0.112. The van der Waals surface area contributed by atoms with Crippen molar-refractivity contribution in [1.82, 2.24) is 5.32 Å². The molecule has 148 valence electrons. The van der Waals surface area contributed by atoms with E-state index in [1.165, 1.54) is 0 Å². The number of para-hydroxylation sites is 2. The SMILES string of the molecule is CC[C@H](Oc1ccccc1)C(=O)Nc1ccccc1C(=O)NC[C@@H]1CCCO1. The van der Waals surface area contributed by atoms with Crippen molar-refractivity contribution < 1.29 is 19.1 Å². The van der Waals surface area contributed by atoms with Crippen molar-refractivity contribution in [1.29, 1.82) is 0 Å². The van der Waals surface area contributed by atoms with Crippen LogP contribution in [0.3, 0.4) is 0 Å². The lowest BCUT2D eigenvalue weighted by atomic mass is 10.1. The van der Waals surface area contributed by atoms with E-state index in [-0.39, 0.29) is 17.9 Å². The average molecular weight is 382 g/mol. The number of benzene rings is 2. The van der Waals surface area contributed by atoms with Gasteiger partial charge in [0.25, 0.3) is 11.8 Å². The highest BCUT2D eigenvalue weighted by Crippen LogP contribution is 2.18. The minimum absolute atomic E-state index is 0.0643. The molecular weight excluding hydrogens is 356 g/mol. The quantitative estimate of drug-likeness (QED) is 0.734. The summed E-state index contributed by atoms with van der Waals surface area (Å²) in [7, 11) is 0. The summed E-state index contributed by atoms with van der Waals surface area (Å²) in [5.41, 5.74) is 0.885. The van der Waals surface area contributed by atoms with Gasteiger partial charge in [-0.05, 0) is 43.5 Å². The van der Waals surface area contributed by atoms with Crippen LogP contribution in [0.25, 0.3) is 0 Å². The average Bonchev–Trinajstić information content (AvgIpc) is 3.25. The van der Waals surface area contributed by atoms with Gasteiger partial charge in [0.1, 0.15) is 5.75 Å². The summed E-state index contributed by atoms with van der Waals surface area (Å²) >= 11 is 0. The Morgan fingerprint density at radius 2 is 1.89 bits per heavy atom. The first kappa shape index (κ1) is 19.9. The number of hydrogen-bond donors (Lipinski definition) is 2. The zero-order valence-electron chi connectivity index (χ0n) is 16.0. The van der Waals surface area contributed by atoms with Crippen LogP contribution in [0.1, 0.15) is 36.5 Å². The largest absolute Gasteiger partial charge is 0.481 e. The Hall–Kier alpha value is -2.86. The predicted octanol–water partition coefficient (Wildman–Crippen LogP) is 3.39. The molecule has 0 bridgehead atoms. The van der Waals surface area contributed by atoms with Crippen LogP contribution in [0.2, 0.25) is 0 Å². The maximum Gasteiger partial charge on any atom is 0.265 e. The number of ether oxygens (including phenoxy) is 2. The van der Waals surface area contributed by atoms with E-state index in [0.29, 0.717) is 30.0 Å². The summed E-state index contributed by atoms with van der Waals surface area (Å²) < 4.78 is 11.3. The second kappa shape index (κ2) is 9.90. The molecule has 2 aromatic rings. The fourth-order valence-corrected chi connectivity index (χ4v) is 3.10. The van der Waals surface area contributed by atoms with Crippen LogP contribution in [0.15, 0.2) is 54.6 Å². The van der Waals surface area contributed by atoms with Crippen molar-refractivity contribution >= 4 is 17.5 Å². The Kier molecular flexibility index (Phi) is 7.03. The van der Waals surface area contributed by atoms with Crippen molar-refractivity contribution in [2.75, 3.05) is 18.5 Å². The number of carbonyl (C=O) groups is 2. The molecule has 0 spiro atoms. The Morgan fingerprint density at radius 1 is 1.14 bits per heavy atom. The van der Waals surface area contributed by atoms with Gasteiger partial charge in [-0.1, -0.05) is 37.3 Å². The van der Waals surface area contributed by atoms with Crippen LogP contribution in [-0.2, 0) is 9.53 Å². The van der Waals surface area contributed by atoms with Gasteiger partial charge in [-0.2, -0.15) is 0 Å².